The van der Waals surface area contributed by atoms with Gasteiger partial charge in [-0.15, -0.1) is 0 Å². The molecule has 0 aliphatic rings. The van der Waals surface area contributed by atoms with Gasteiger partial charge in [0.2, 0.25) is 0 Å². The van der Waals surface area contributed by atoms with Gasteiger partial charge < -0.3 is 5.11 Å². The average molecular weight is 344 g/mol. The van der Waals surface area contributed by atoms with Gasteiger partial charge in [-0.1, -0.05) is 45.7 Å². The lowest BCUT2D eigenvalue weighted by Crippen LogP contribution is -2.14. The minimum Gasteiger partial charge on any atom is -0.392 e. The average Bonchev–Trinajstić information content (AvgIpc) is 2.36. The zero-order valence-electron chi connectivity index (χ0n) is 10.1. The van der Waals surface area contributed by atoms with Crippen LogP contribution in [0.2, 0.25) is 5.02 Å². The normalized spacial score (nSPS) is 12.4. The molecule has 0 heterocycles. The highest BCUT2D eigenvalue weighted by atomic mass is 79.9. The molecule has 1 nitrogen and oxygen atoms in total. The molecular formula is C15H13BrClFO. The fraction of sp³-hybridized carbons (Fsp3) is 0.200. The van der Waals surface area contributed by atoms with Gasteiger partial charge in [0.25, 0.3) is 0 Å². The third kappa shape index (κ3) is 4.30. The van der Waals surface area contributed by atoms with Crippen LogP contribution in [-0.2, 0) is 12.8 Å². The summed E-state index contributed by atoms with van der Waals surface area (Å²) in [6.07, 6.45) is 0.158. The number of halogens is 3. The van der Waals surface area contributed by atoms with Crippen LogP contribution in [0.5, 0.6) is 0 Å². The Balaban J connectivity index is 2.01. The molecule has 0 aromatic heterocycles. The van der Waals surface area contributed by atoms with E-state index in [2.05, 4.69) is 15.9 Å². The Hall–Kier alpha value is -0.900. The summed E-state index contributed by atoms with van der Waals surface area (Å²) in [5.74, 6) is -0.301. The highest BCUT2D eigenvalue weighted by molar-refractivity contribution is 9.10. The molecule has 0 fully saturated rings. The molecule has 0 amide bonds. The molecule has 0 saturated carbocycles. The van der Waals surface area contributed by atoms with E-state index in [1.54, 1.807) is 24.3 Å². The Morgan fingerprint density at radius 3 is 2.42 bits per heavy atom. The van der Waals surface area contributed by atoms with Crippen LogP contribution in [0, 0.1) is 5.82 Å². The molecule has 0 bridgehead atoms. The van der Waals surface area contributed by atoms with Crippen LogP contribution in [0.15, 0.2) is 46.9 Å². The second-order valence-electron chi connectivity index (χ2n) is 4.42. The second-order valence-corrected chi connectivity index (χ2v) is 5.78. The quantitative estimate of drug-likeness (QED) is 0.873. The summed E-state index contributed by atoms with van der Waals surface area (Å²) in [4.78, 5) is 0. The van der Waals surface area contributed by atoms with Gasteiger partial charge >= 0.3 is 0 Å². The van der Waals surface area contributed by atoms with E-state index >= 15 is 0 Å². The van der Waals surface area contributed by atoms with Gasteiger partial charge in [0.1, 0.15) is 5.82 Å². The lowest BCUT2D eigenvalue weighted by molar-refractivity contribution is 0.174. The summed E-state index contributed by atoms with van der Waals surface area (Å²) >= 11 is 9.01. The summed E-state index contributed by atoms with van der Waals surface area (Å²) in [5.41, 5.74) is 1.50. The number of hydrogen-bond acceptors (Lipinski definition) is 1. The Morgan fingerprint density at radius 2 is 1.79 bits per heavy atom. The molecule has 100 valence electrons. The lowest BCUT2D eigenvalue weighted by atomic mass is 10.0. The number of aliphatic hydroxyl groups is 1. The summed E-state index contributed by atoms with van der Waals surface area (Å²) in [6.45, 7) is 0. The van der Waals surface area contributed by atoms with Gasteiger partial charge in [-0.05, 0) is 41.8 Å². The van der Waals surface area contributed by atoms with Crippen LogP contribution in [0.4, 0.5) is 4.39 Å². The van der Waals surface area contributed by atoms with E-state index in [-0.39, 0.29) is 5.82 Å². The Kier molecular flexibility index (Phi) is 4.97. The predicted molar refractivity (Wildman–Crippen MR) is 79.0 cm³/mol. The molecule has 2 aromatic rings. The molecule has 2 aromatic carbocycles. The molecule has 2 rings (SSSR count). The first-order valence-electron chi connectivity index (χ1n) is 5.91. The largest absolute Gasteiger partial charge is 0.392 e. The number of benzene rings is 2. The van der Waals surface area contributed by atoms with Crippen LogP contribution >= 0.6 is 27.5 Å². The predicted octanol–water partition coefficient (Wildman–Crippen LogP) is 4.39. The minimum absolute atomic E-state index is 0.293. The zero-order chi connectivity index (χ0) is 13.8. The van der Waals surface area contributed by atoms with Crippen molar-refractivity contribution in [3.05, 3.63) is 68.9 Å². The summed E-state index contributed by atoms with van der Waals surface area (Å²) in [6, 6.07) is 12.2. The van der Waals surface area contributed by atoms with E-state index in [0.29, 0.717) is 27.9 Å². The first-order chi connectivity index (χ1) is 9.04. The maximum atomic E-state index is 13.6. The number of rotatable bonds is 4. The molecule has 0 aliphatic carbocycles. The minimum atomic E-state index is -0.614. The van der Waals surface area contributed by atoms with Crippen molar-refractivity contribution in [1.29, 1.82) is 0 Å². The SMILES string of the molecule is OC(Cc1ccc(Cl)cc1)Cc1ccc(Br)cc1F. The zero-order valence-corrected chi connectivity index (χ0v) is 12.5. The van der Waals surface area contributed by atoms with Crippen molar-refractivity contribution in [2.45, 2.75) is 18.9 Å². The van der Waals surface area contributed by atoms with Crippen molar-refractivity contribution < 1.29 is 9.50 Å². The van der Waals surface area contributed by atoms with Gasteiger partial charge in [0, 0.05) is 15.9 Å². The lowest BCUT2D eigenvalue weighted by Gasteiger charge is -2.11. The van der Waals surface area contributed by atoms with E-state index in [4.69, 9.17) is 11.6 Å². The van der Waals surface area contributed by atoms with E-state index in [9.17, 15) is 9.50 Å². The molecule has 1 atom stereocenters. The molecule has 1 N–H and O–H groups in total. The molecule has 19 heavy (non-hydrogen) atoms. The molecule has 1 unspecified atom stereocenters. The van der Waals surface area contributed by atoms with Crippen molar-refractivity contribution in [2.24, 2.45) is 0 Å². The van der Waals surface area contributed by atoms with Crippen molar-refractivity contribution in [3.8, 4) is 0 Å². The third-order valence-corrected chi connectivity index (χ3v) is 3.60. The monoisotopic (exact) mass is 342 g/mol. The Morgan fingerprint density at radius 1 is 1.11 bits per heavy atom. The van der Waals surface area contributed by atoms with Crippen LogP contribution in [0.1, 0.15) is 11.1 Å². The standard InChI is InChI=1S/C15H13BrClFO/c16-12-4-3-11(15(18)9-12)8-14(19)7-10-1-5-13(17)6-2-10/h1-6,9,14,19H,7-8H2. The highest BCUT2D eigenvalue weighted by Gasteiger charge is 2.10. The number of hydrogen-bond donors (Lipinski definition) is 1. The first kappa shape index (κ1) is 14.5. The van der Waals surface area contributed by atoms with Crippen molar-refractivity contribution in [2.75, 3.05) is 0 Å². The number of aliphatic hydroxyl groups excluding tert-OH is 1. The summed E-state index contributed by atoms with van der Waals surface area (Å²) in [7, 11) is 0. The van der Waals surface area contributed by atoms with Crippen molar-refractivity contribution in [3.63, 3.8) is 0 Å². The first-order valence-corrected chi connectivity index (χ1v) is 7.08. The van der Waals surface area contributed by atoms with Gasteiger partial charge in [-0.2, -0.15) is 0 Å². The maximum Gasteiger partial charge on any atom is 0.127 e. The Bertz CT molecular complexity index is 557. The highest BCUT2D eigenvalue weighted by Crippen LogP contribution is 2.18. The second kappa shape index (κ2) is 6.51. The summed E-state index contributed by atoms with van der Waals surface area (Å²) < 4.78 is 14.3. The maximum absolute atomic E-state index is 13.6. The molecular weight excluding hydrogens is 331 g/mol. The van der Waals surface area contributed by atoms with Crippen LogP contribution < -0.4 is 0 Å². The molecule has 0 radical (unpaired) electrons. The van der Waals surface area contributed by atoms with Crippen LogP contribution in [0.3, 0.4) is 0 Å². The van der Waals surface area contributed by atoms with Crippen molar-refractivity contribution in [1.82, 2.24) is 0 Å². The van der Waals surface area contributed by atoms with E-state index < -0.39 is 6.10 Å². The smallest absolute Gasteiger partial charge is 0.127 e. The van der Waals surface area contributed by atoms with Crippen LogP contribution in [0.25, 0.3) is 0 Å². The van der Waals surface area contributed by atoms with Gasteiger partial charge in [0.05, 0.1) is 6.10 Å². The van der Waals surface area contributed by atoms with Crippen molar-refractivity contribution >= 4 is 27.5 Å². The fourth-order valence-corrected chi connectivity index (χ4v) is 2.36. The molecule has 4 heteroatoms. The van der Waals surface area contributed by atoms with E-state index in [0.717, 1.165) is 5.56 Å². The molecule has 0 saturated heterocycles. The van der Waals surface area contributed by atoms with Crippen LogP contribution in [-0.4, -0.2) is 11.2 Å². The summed E-state index contributed by atoms with van der Waals surface area (Å²) in [5, 5.41) is 10.7. The third-order valence-electron chi connectivity index (χ3n) is 2.86. The van der Waals surface area contributed by atoms with Gasteiger partial charge in [-0.25, -0.2) is 4.39 Å². The fourth-order valence-electron chi connectivity index (χ4n) is 1.91. The molecule has 0 spiro atoms. The van der Waals surface area contributed by atoms with Gasteiger partial charge in [0.15, 0.2) is 0 Å². The van der Waals surface area contributed by atoms with E-state index in [1.807, 2.05) is 12.1 Å². The van der Waals surface area contributed by atoms with E-state index in [1.165, 1.54) is 6.07 Å². The van der Waals surface area contributed by atoms with Gasteiger partial charge in [-0.3, -0.25) is 0 Å². The topological polar surface area (TPSA) is 20.2 Å². The Labute approximate surface area is 125 Å². The molecule has 0 aliphatic heterocycles.